The second kappa shape index (κ2) is 14.5. The first-order chi connectivity index (χ1) is 17.1. The van der Waals surface area contributed by atoms with Gasteiger partial charge >= 0.3 is 0 Å². The summed E-state index contributed by atoms with van der Waals surface area (Å²) >= 11 is 0. The van der Waals surface area contributed by atoms with E-state index in [2.05, 4.69) is 128 Å². The van der Waals surface area contributed by atoms with E-state index in [1.165, 1.54) is 21.5 Å². The number of rotatable bonds is 14. The molecule has 0 bridgehead atoms. The Hall–Kier alpha value is -2.20. The predicted molar refractivity (Wildman–Crippen MR) is 160 cm³/mol. The first kappa shape index (κ1) is 30.0. The van der Waals surface area contributed by atoms with Crippen LogP contribution in [0.25, 0.3) is 0 Å². The predicted octanol–water partition coefficient (Wildman–Crippen LogP) is 8.00. The maximum Gasteiger partial charge on any atom is 0.261 e. The summed E-state index contributed by atoms with van der Waals surface area (Å²) in [6, 6.07) is 21.5. The molecule has 0 saturated heterocycles. The van der Waals surface area contributed by atoms with E-state index in [9.17, 15) is 0 Å². The zero-order valence-electron chi connectivity index (χ0n) is 23.8. The number of hydrogen-bond donors (Lipinski definition) is 0. The van der Waals surface area contributed by atoms with E-state index >= 15 is 0 Å². The summed E-state index contributed by atoms with van der Waals surface area (Å²) in [7, 11) is -2.55. The lowest BCUT2D eigenvalue weighted by atomic mass is 10.1. The lowest BCUT2D eigenvalue weighted by Crippen LogP contribution is -2.66. The Kier molecular flexibility index (Phi) is 12.1. The molecule has 0 aliphatic rings. The highest BCUT2D eigenvalue weighted by molar-refractivity contribution is 6.99. The van der Waals surface area contributed by atoms with Gasteiger partial charge in [0.1, 0.15) is 0 Å². The van der Waals surface area contributed by atoms with Crippen molar-refractivity contribution in [2.24, 2.45) is 0 Å². The molecule has 196 valence electrons. The summed E-state index contributed by atoms with van der Waals surface area (Å²) in [6.07, 6.45) is 9.19. The van der Waals surface area contributed by atoms with E-state index in [-0.39, 0.29) is 11.1 Å². The van der Waals surface area contributed by atoms with Gasteiger partial charge in [0.15, 0.2) is 0 Å². The third-order valence-electron chi connectivity index (χ3n) is 6.64. The Morgan fingerprint density at radius 3 is 1.92 bits per heavy atom. The first-order valence-corrected chi connectivity index (χ1v) is 15.3. The van der Waals surface area contributed by atoms with E-state index in [1.54, 1.807) is 0 Å². The van der Waals surface area contributed by atoms with E-state index in [1.807, 2.05) is 0 Å². The SMILES string of the molecule is C=C(COC(C)CC/C=C(\C)CCC=C(C)C)CO[Si](c1ccccc1)(c1ccccc1)C(C)(C)C. The number of benzene rings is 2. The van der Waals surface area contributed by atoms with Crippen LogP contribution in [-0.2, 0) is 9.16 Å². The lowest BCUT2D eigenvalue weighted by Gasteiger charge is -2.43. The molecule has 0 saturated carbocycles. The van der Waals surface area contributed by atoms with Gasteiger partial charge in [-0.2, -0.15) is 0 Å². The molecule has 0 amide bonds. The standard InChI is InChI=1S/C33H48O2Si/c1-27(2)17-15-18-28(3)19-16-20-30(5)34-25-29(4)26-35-36(33(6,7)8,31-21-11-9-12-22-31)32-23-13-10-14-24-32/h9-14,17,19,21-24,30H,4,15-16,18,20,25-26H2,1-3,5-8H3/b28-19+. The van der Waals surface area contributed by atoms with E-state index < -0.39 is 8.32 Å². The van der Waals surface area contributed by atoms with Crippen molar-refractivity contribution >= 4 is 18.7 Å². The van der Waals surface area contributed by atoms with Gasteiger partial charge in [0.2, 0.25) is 0 Å². The van der Waals surface area contributed by atoms with Crippen molar-refractivity contribution in [1.82, 2.24) is 0 Å². The van der Waals surface area contributed by atoms with Gasteiger partial charge in [-0.1, -0.05) is 111 Å². The van der Waals surface area contributed by atoms with Gasteiger partial charge in [-0.15, -0.1) is 0 Å². The molecule has 0 radical (unpaired) electrons. The minimum absolute atomic E-state index is 0.0417. The largest absolute Gasteiger partial charge is 0.403 e. The molecule has 1 unspecified atom stereocenters. The summed E-state index contributed by atoms with van der Waals surface area (Å²) in [5.41, 5.74) is 3.84. The lowest BCUT2D eigenvalue weighted by molar-refractivity contribution is 0.0738. The second-order valence-electron chi connectivity index (χ2n) is 11.3. The van der Waals surface area contributed by atoms with Crippen LogP contribution in [0.15, 0.2) is 96.1 Å². The highest BCUT2D eigenvalue weighted by Crippen LogP contribution is 2.37. The molecule has 2 aromatic rings. The Labute approximate surface area is 222 Å². The minimum Gasteiger partial charge on any atom is -0.403 e. The van der Waals surface area contributed by atoms with Gasteiger partial charge in [0, 0.05) is 0 Å². The van der Waals surface area contributed by atoms with Crippen LogP contribution in [0.2, 0.25) is 5.04 Å². The van der Waals surface area contributed by atoms with Crippen LogP contribution in [0.3, 0.4) is 0 Å². The Bertz CT molecular complexity index is 940. The highest BCUT2D eigenvalue weighted by atomic mass is 28.4. The molecule has 36 heavy (non-hydrogen) atoms. The van der Waals surface area contributed by atoms with Crippen LogP contribution >= 0.6 is 0 Å². The molecule has 0 fully saturated rings. The average molecular weight is 505 g/mol. The molecule has 0 aliphatic heterocycles. The Balaban J connectivity index is 1.98. The number of hydrogen-bond acceptors (Lipinski definition) is 2. The fourth-order valence-corrected chi connectivity index (χ4v) is 9.19. The van der Waals surface area contributed by atoms with Gasteiger partial charge in [-0.3, -0.25) is 0 Å². The molecule has 2 aromatic carbocycles. The van der Waals surface area contributed by atoms with Gasteiger partial charge < -0.3 is 9.16 Å². The Morgan fingerprint density at radius 2 is 1.42 bits per heavy atom. The van der Waals surface area contributed by atoms with Crippen LogP contribution in [0.1, 0.15) is 74.1 Å². The monoisotopic (exact) mass is 504 g/mol. The third kappa shape index (κ3) is 9.03. The maximum atomic E-state index is 6.97. The van der Waals surface area contributed by atoms with E-state index in [0.29, 0.717) is 13.2 Å². The fraction of sp³-hybridized carbons (Fsp3) is 0.455. The minimum atomic E-state index is -2.55. The van der Waals surface area contributed by atoms with Gasteiger partial charge in [0.25, 0.3) is 8.32 Å². The second-order valence-corrected chi connectivity index (χ2v) is 15.6. The zero-order valence-corrected chi connectivity index (χ0v) is 24.8. The van der Waals surface area contributed by atoms with Gasteiger partial charge in [0.05, 0.1) is 19.3 Å². The highest BCUT2D eigenvalue weighted by Gasteiger charge is 2.50. The van der Waals surface area contributed by atoms with Crippen LogP contribution in [-0.4, -0.2) is 27.6 Å². The molecular weight excluding hydrogens is 456 g/mol. The van der Waals surface area contributed by atoms with Gasteiger partial charge in [-0.25, -0.2) is 0 Å². The maximum absolute atomic E-state index is 6.97. The summed E-state index contributed by atoms with van der Waals surface area (Å²) in [4.78, 5) is 0. The normalized spacial score (nSPS) is 13.4. The van der Waals surface area contributed by atoms with E-state index in [4.69, 9.17) is 9.16 Å². The molecule has 2 rings (SSSR count). The van der Waals surface area contributed by atoms with E-state index in [0.717, 1.165) is 31.3 Å². The molecule has 0 N–H and O–H groups in total. The molecule has 0 heterocycles. The van der Waals surface area contributed by atoms with Crippen LogP contribution in [0.4, 0.5) is 0 Å². The molecule has 3 heteroatoms. The topological polar surface area (TPSA) is 18.5 Å². The van der Waals surface area contributed by atoms with Crippen molar-refractivity contribution in [1.29, 1.82) is 0 Å². The first-order valence-electron chi connectivity index (χ1n) is 13.4. The van der Waals surface area contributed by atoms with Gasteiger partial charge in [-0.05, 0) is 74.4 Å². The molecule has 2 nitrogen and oxygen atoms in total. The quantitative estimate of drug-likeness (QED) is 0.192. The van der Waals surface area contributed by atoms with Crippen molar-refractivity contribution in [2.45, 2.75) is 85.3 Å². The molecule has 0 aromatic heterocycles. The average Bonchev–Trinajstić information content (AvgIpc) is 2.83. The fourth-order valence-electron chi connectivity index (χ4n) is 4.61. The van der Waals surface area contributed by atoms with Crippen molar-refractivity contribution in [3.8, 4) is 0 Å². The molecule has 0 spiro atoms. The molecule has 0 aliphatic carbocycles. The summed E-state index contributed by atoms with van der Waals surface area (Å²) in [6.45, 7) is 21.0. The van der Waals surface area contributed by atoms with Crippen LogP contribution in [0.5, 0.6) is 0 Å². The van der Waals surface area contributed by atoms with Crippen molar-refractivity contribution in [2.75, 3.05) is 13.2 Å². The summed E-state index contributed by atoms with van der Waals surface area (Å²) in [5, 5.41) is 2.54. The molecular formula is C33H48O2Si. The Morgan fingerprint density at radius 1 is 0.861 bits per heavy atom. The van der Waals surface area contributed by atoms with Crippen molar-refractivity contribution in [3.05, 3.63) is 96.1 Å². The number of ether oxygens (including phenoxy) is 1. The third-order valence-corrected chi connectivity index (χ3v) is 11.6. The van der Waals surface area contributed by atoms with Crippen LogP contribution < -0.4 is 10.4 Å². The zero-order chi connectivity index (χ0) is 26.6. The summed E-state index contributed by atoms with van der Waals surface area (Å²) < 4.78 is 13.1. The smallest absolute Gasteiger partial charge is 0.261 e. The van der Waals surface area contributed by atoms with Crippen molar-refractivity contribution in [3.63, 3.8) is 0 Å². The molecule has 1 atom stereocenters. The van der Waals surface area contributed by atoms with Crippen molar-refractivity contribution < 1.29 is 9.16 Å². The summed E-state index contributed by atoms with van der Waals surface area (Å²) in [5.74, 6) is 0. The number of allylic oxidation sites excluding steroid dienone is 4. The van der Waals surface area contributed by atoms with Crippen LogP contribution in [0, 0.1) is 0 Å².